The number of likely N-dealkylation sites (N-methyl/N-ethyl adjacent to an activating group) is 1. The number of hydrogen-bond donors (Lipinski definition) is 0. The van der Waals surface area contributed by atoms with Gasteiger partial charge in [-0.15, -0.1) is 0 Å². The van der Waals surface area contributed by atoms with E-state index in [2.05, 4.69) is 34.0 Å². The molecule has 0 bridgehead atoms. The van der Waals surface area contributed by atoms with Gasteiger partial charge in [0.15, 0.2) is 0 Å². The Morgan fingerprint density at radius 2 is 1.87 bits per heavy atom. The van der Waals surface area contributed by atoms with E-state index in [1.54, 1.807) is 0 Å². The number of nitrogens with zero attached hydrogens (tertiary/aromatic N) is 4. The second-order valence-corrected chi connectivity index (χ2v) is 7.38. The number of pyridine rings is 1. The summed E-state index contributed by atoms with van der Waals surface area (Å²) in [4.78, 5) is 23.6. The molecule has 1 saturated heterocycles. The maximum atomic E-state index is 12.4. The van der Waals surface area contributed by atoms with E-state index in [0.717, 1.165) is 44.1 Å². The van der Waals surface area contributed by atoms with E-state index in [-0.39, 0.29) is 11.3 Å². The molecule has 0 aromatic carbocycles. The first-order chi connectivity index (χ1) is 10.8. The van der Waals surface area contributed by atoms with Crippen LogP contribution in [0.1, 0.15) is 33.3 Å². The van der Waals surface area contributed by atoms with E-state index < -0.39 is 0 Å². The molecule has 0 spiro atoms. The first kappa shape index (κ1) is 17.7. The average molecular weight is 318 g/mol. The average Bonchev–Trinajstić information content (AvgIpc) is 2.52. The molecule has 0 N–H and O–H groups in total. The summed E-state index contributed by atoms with van der Waals surface area (Å²) < 4.78 is 0. The molecule has 5 nitrogen and oxygen atoms in total. The second kappa shape index (κ2) is 7.30. The molecule has 0 radical (unpaired) electrons. The number of rotatable bonds is 4. The van der Waals surface area contributed by atoms with Gasteiger partial charge in [0, 0.05) is 50.9 Å². The number of hydrogen-bond acceptors (Lipinski definition) is 4. The number of carbonyl (C=O) groups is 1. The fourth-order valence-electron chi connectivity index (χ4n) is 2.75. The minimum absolute atomic E-state index is 0.183. The van der Waals surface area contributed by atoms with Gasteiger partial charge >= 0.3 is 0 Å². The van der Waals surface area contributed by atoms with Crippen molar-refractivity contribution in [2.24, 2.45) is 5.41 Å². The van der Waals surface area contributed by atoms with Crippen molar-refractivity contribution >= 4 is 11.7 Å². The van der Waals surface area contributed by atoms with Crippen LogP contribution in [0.15, 0.2) is 18.3 Å². The van der Waals surface area contributed by atoms with Crippen LogP contribution in [0.4, 0.5) is 5.82 Å². The number of carbonyl (C=O) groups excluding carboxylic acids is 1. The van der Waals surface area contributed by atoms with Gasteiger partial charge in [-0.3, -0.25) is 4.79 Å². The van der Waals surface area contributed by atoms with Crippen LogP contribution in [0, 0.1) is 5.41 Å². The van der Waals surface area contributed by atoms with Gasteiger partial charge in [0.1, 0.15) is 5.82 Å². The molecular formula is C18H30N4O. The van der Waals surface area contributed by atoms with E-state index in [0.29, 0.717) is 6.54 Å². The molecule has 1 aliphatic rings. The second-order valence-electron chi connectivity index (χ2n) is 7.38. The fourth-order valence-corrected chi connectivity index (χ4v) is 2.75. The summed E-state index contributed by atoms with van der Waals surface area (Å²) >= 11 is 0. The number of anilines is 1. The molecule has 1 aliphatic heterocycles. The van der Waals surface area contributed by atoms with E-state index in [4.69, 9.17) is 0 Å². The Balaban J connectivity index is 2.00. The van der Waals surface area contributed by atoms with Crippen LogP contribution in [0.3, 0.4) is 0 Å². The lowest BCUT2D eigenvalue weighted by Gasteiger charge is -2.33. The standard InChI is InChI=1S/C18H30N4O/c1-6-21(17(23)18(2,3)4)14-15-7-8-16(19-13-15)22-11-9-20(5)10-12-22/h7-8,13H,6,9-12,14H2,1-5H3. The molecule has 1 aromatic heterocycles. The Hall–Kier alpha value is -1.62. The number of aromatic nitrogens is 1. The van der Waals surface area contributed by atoms with Gasteiger partial charge in [-0.25, -0.2) is 4.98 Å². The predicted molar refractivity (Wildman–Crippen MR) is 94.5 cm³/mol. The number of amides is 1. The molecule has 1 amide bonds. The van der Waals surface area contributed by atoms with Crippen LogP contribution >= 0.6 is 0 Å². The predicted octanol–water partition coefficient (Wildman–Crippen LogP) is 2.23. The van der Waals surface area contributed by atoms with E-state index >= 15 is 0 Å². The van der Waals surface area contributed by atoms with Crippen molar-refractivity contribution in [3.05, 3.63) is 23.9 Å². The summed E-state index contributed by atoms with van der Waals surface area (Å²) in [6.45, 7) is 13.5. The fraction of sp³-hybridized carbons (Fsp3) is 0.667. The highest BCUT2D eigenvalue weighted by molar-refractivity contribution is 5.81. The van der Waals surface area contributed by atoms with E-state index in [1.165, 1.54) is 0 Å². The highest BCUT2D eigenvalue weighted by Crippen LogP contribution is 2.20. The lowest BCUT2D eigenvalue weighted by Crippen LogP contribution is -2.44. The summed E-state index contributed by atoms with van der Waals surface area (Å²) in [5.41, 5.74) is 0.741. The van der Waals surface area contributed by atoms with Gasteiger partial charge in [0.05, 0.1) is 0 Å². The Morgan fingerprint density at radius 1 is 1.22 bits per heavy atom. The van der Waals surface area contributed by atoms with Gasteiger partial charge in [-0.1, -0.05) is 26.8 Å². The van der Waals surface area contributed by atoms with Gasteiger partial charge < -0.3 is 14.7 Å². The summed E-state index contributed by atoms with van der Waals surface area (Å²) in [6, 6.07) is 4.18. The Kier molecular flexibility index (Phi) is 5.63. The molecule has 0 atom stereocenters. The van der Waals surface area contributed by atoms with Gasteiger partial charge in [-0.2, -0.15) is 0 Å². The smallest absolute Gasteiger partial charge is 0.228 e. The van der Waals surface area contributed by atoms with Crippen LogP contribution in [0.5, 0.6) is 0 Å². The van der Waals surface area contributed by atoms with Crippen LogP contribution in [-0.4, -0.2) is 60.5 Å². The molecule has 1 fully saturated rings. The Morgan fingerprint density at radius 3 is 2.35 bits per heavy atom. The maximum Gasteiger partial charge on any atom is 0.228 e. The molecule has 2 rings (SSSR count). The van der Waals surface area contributed by atoms with Gasteiger partial charge in [-0.05, 0) is 25.6 Å². The minimum atomic E-state index is -0.344. The van der Waals surface area contributed by atoms with E-state index in [1.807, 2.05) is 38.8 Å². The molecule has 1 aromatic rings. The Bertz CT molecular complexity index is 513. The third kappa shape index (κ3) is 4.67. The zero-order valence-electron chi connectivity index (χ0n) is 15.2. The van der Waals surface area contributed by atoms with Crippen LogP contribution in [-0.2, 0) is 11.3 Å². The molecule has 128 valence electrons. The molecule has 0 unspecified atom stereocenters. The van der Waals surface area contributed by atoms with Gasteiger partial charge in [0.2, 0.25) is 5.91 Å². The lowest BCUT2D eigenvalue weighted by molar-refractivity contribution is -0.139. The summed E-state index contributed by atoms with van der Waals surface area (Å²) in [7, 11) is 2.15. The first-order valence-electron chi connectivity index (χ1n) is 8.49. The topological polar surface area (TPSA) is 39.7 Å². The van der Waals surface area contributed by atoms with Crippen LogP contribution in [0.2, 0.25) is 0 Å². The van der Waals surface area contributed by atoms with E-state index in [9.17, 15) is 4.79 Å². The molecular weight excluding hydrogens is 288 g/mol. The van der Waals surface area contributed by atoms with Crippen molar-refractivity contribution in [3.8, 4) is 0 Å². The van der Waals surface area contributed by atoms with Crippen molar-refractivity contribution in [2.45, 2.75) is 34.2 Å². The molecule has 5 heteroatoms. The van der Waals surface area contributed by atoms with Crippen LogP contribution in [0.25, 0.3) is 0 Å². The lowest BCUT2D eigenvalue weighted by atomic mass is 9.94. The molecule has 2 heterocycles. The summed E-state index contributed by atoms with van der Waals surface area (Å²) in [5, 5.41) is 0. The quantitative estimate of drug-likeness (QED) is 0.853. The highest BCUT2D eigenvalue weighted by atomic mass is 16.2. The SMILES string of the molecule is CCN(Cc1ccc(N2CCN(C)CC2)nc1)C(=O)C(C)(C)C. The normalized spacial score (nSPS) is 16.5. The van der Waals surface area contributed by atoms with Crippen LogP contribution < -0.4 is 4.90 Å². The van der Waals surface area contributed by atoms with Gasteiger partial charge in [0.25, 0.3) is 0 Å². The maximum absolute atomic E-state index is 12.4. The Labute approximate surface area is 140 Å². The van der Waals surface area contributed by atoms with Crippen molar-refractivity contribution < 1.29 is 4.79 Å². The highest BCUT2D eigenvalue weighted by Gasteiger charge is 2.26. The largest absolute Gasteiger partial charge is 0.354 e. The zero-order valence-corrected chi connectivity index (χ0v) is 15.2. The first-order valence-corrected chi connectivity index (χ1v) is 8.49. The zero-order chi connectivity index (χ0) is 17.0. The molecule has 0 aliphatic carbocycles. The third-order valence-electron chi connectivity index (χ3n) is 4.32. The van der Waals surface area contributed by atoms with Crippen molar-refractivity contribution in [2.75, 3.05) is 44.7 Å². The monoisotopic (exact) mass is 318 g/mol. The van der Waals surface area contributed by atoms with Crippen molar-refractivity contribution in [3.63, 3.8) is 0 Å². The summed E-state index contributed by atoms with van der Waals surface area (Å²) in [6.07, 6.45) is 1.91. The third-order valence-corrected chi connectivity index (χ3v) is 4.32. The summed E-state index contributed by atoms with van der Waals surface area (Å²) in [5.74, 6) is 1.22. The minimum Gasteiger partial charge on any atom is -0.354 e. The number of piperazine rings is 1. The van der Waals surface area contributed by atoms with Crippen molar-refractivity contribution in [1.29, 1.82) is 0 Å². The molecule has 23 heavy (non-hydrogen) atoms. The molecule has 0 saturated carbocycles. The van der Waals surface area contributed by atoms with Crippen molar-refractivity contribution in [1.82, 2.24) is 14.8 Å².